The molecule has 0 aliphatic heterocycles. The highest BCUT2D eigenvalue weighted by Crippen LogP contribution is 2.31. The molecule has 146 valence electrons. The number of anilines is 3. The first-order chi connectivity index (χ1) is 14.3. The summed E-state index contributed by atoms with van der Waals surface area (Å²) in [5.74, 6) is -0.102. The van der Waals surface area contributed by atoms with Gasteiger partial charge in [0, 0.05) is 29.9 Å². The lowest BCUT2D eigenvalue weighted by atomic mass is 10.0. The Morgan fingerprint density at radius 2 is 1.66 bits per heavy atom. The van der Waals surface area contributed by atoms with Gasteiger partial charge in [0.2, 0.25) is 5.91 Å². The molecule has 0 aliphatic rings. The number of rotatable bonds is 9. The highest BCUT2D eigenvalue weighted by atomic mass is 16.1. The third kappa shape index (κ3) is 6.04. The van der Waals surface area contributed by atoms with E-state index in [4.69, 9.17) is 5.41 Å². The van der Waals surface area contributed by atoms with E-state index >= 15 is 0 Å². The van der Waals surface area contributed by atoms with Gasteiger partial charge in [-0.3, -0.25) is 10.2 Å². The summed E-state index contributed by atoms with van der Waals surface area (Å²) in [5, 5.41) is 16.1. The molecule has 0 aromatic heterocycles. The van der Waals surface area contributed by atoms with Crippen LogP contribution in [0.15, 0.2) is 83.9 Å². The standard InChI is InChI=1S/C23H23N5O/c24-16-26-17-25-14-13-23(29)28-22-15-20(27-19-9-5-2-6-10-19)11-12-21(22)18-7-3-1-4-8-18/h1-12,15-17,27H,13-14H2,(H,28,29)(H2,24,25,26). The van der Waals surface area contributed by atoms with Gasteiger partial charge in [-0.2, -0.15) is 0 Å². The fourth-order valence-corrected chi connectivity index (χ4v) is 2.84. The summed E-state index contributed by atoms with van der Waals surface area (Å²) in [6.45, 7) is 0.436. The zero-order valence-electron chi connectivity index (χ0n) is 15.9. The van der Waals surface area contributed by atoms with Crippen molar-refractivity contribution in [1.29, 1.82) is 5.41 Å². The topological polar surface area (TPSA) is 89.4 Å². The molecule has 3 aromatic rings. The Hall–Kier alpha value is -3.93. The number of hydrogen-bond donors (Lipinski definition) is 4. The van der Waals surface area contributed by atoms with Crippen LogP contribution in [-0.4, -0.2) is 25.1 Å². The van der Waals surface area contributed by atoms with E-state index in [1.54, 1.807) is 0 Å². The Labute approximate surface area is 170 Å². The number of hydrogen-bond acceptors (Lipinski definition) is 3. The molecule has 0 radical (unpaired) electrons. The minimum Gasteiger partial charge on any atom is -0.376 e. The van der Waals surface area contributed by atoms with Gasteiger partial charge in [0.05, 0.1) is 12.0 Å². The predicted octanol–water partition coefficient (Wildman–Crippen LogP) is 4.65. The van der Waals surface area contributed by atoms with Crippen LogP contribution >= 0.6 is 0 Å². The van der Waals surface area contributed by atoms with Gasteiger partial charge < -0.3 is 16.0 Å². The average molecular weight is 385 g/mol. The summed E-state index contributed by atoms with van der Waals surface area (Å²) in [6, 6.07) is 25.8. The van der Waals surface area contributed by atoms with Crippen molar-refractivity contribution in [2.75, 3.05) is 17.2 Å². The zero-order valence-corrected chi connectivity index (χ0v) is 15.9. The van der Waals surface area contributed by atoms with Gasteiger partial charge >= 0.3 is 0 Å². The molecule has 6 nitrogen and oxygen atoms in total. The summed E-state index contributed by atoms with van der Waals surface area (Å²) in [4.78, 5) is 16.1. The van der Waals surface area contributed by atoms with Crippen LogP contribution in [0.1, 0.15) is 6.42 Å². The Morgan fingerprint density at radius 3 is 2.38 bits per heavy atom. The van der Waals surface area contributed by atoms with Gasteiger partial charge in [-0.1, -0.05) is 54.6 Å². The Morgan fingerprint density at radius 1 is 0.931 bits per heavy atom. The van der Waals surface area contributed by atoms with E-state index < -0.39 is 0 Å². The normalized spacial score (nSPS) is 10.5. The van der Waals surface area contributed by atoms with Gasteiger partial charge in [-0.25, -0.2) is 4.99 Å². The van der Waals surface area contributed by atoms with Crippen molar-refractivity contribution >= 4 is 35.6 Å². The SMILES string of the molecule is N=C/N=C\NCCC(=O)Nc1cc(Nc2ccccc2)ccc1-c1ccccc1. The Balaban J connectivity index is 1.79. The van der Waals surface area contributed by atoms with Crippen LogP contribution in [0, 0.1) is 5.41 Å². The first-order valence-corrected chi connectivity index (χ1v) is 9.31. The van der Waals surface area contributed by atoms with Crippen LogP contribution < -0.4 is 16.0 Å². The van der Waals surface area contributed by atoms with Crippen molar-refractivity contribution in [2.24, 2.45) is 4.99 Å². The molecule has 1 amide bonds. The van der Waals surface area contributed by atoms with Crippen molar-refractivity contribution in [1.82, 2.24) is 5.32 Å². The molecule has 0 saturated heterocycles. The van der Waals surface area contributed by atoms with Crippen LogP contribution in [0.4, 0.5) is 17.1 Å². The third-order valence-corrected chi connectivity index (χ3v) is 4.18. The molecule has 3 rings (SSSR count). The van der Waals surface area contributed by atoms with Crippen molar-refractivity contribution < 1.29 is 4.79 Å². The molecule has 0 saturated carbocycles. The first kappa shape index (κ1) is 19.8. The Kier molecular flexibility index (Phi) is 7.12. The number of nitrogens with one attached hydrogen (secondary N) is 4. The molecule has 6 heteroatoms. The molecule has 3 aromatic carbocycles. The summed E-state index contributed by atoms with van der Waals surface area (Å²) in [5.41, 5.74) is 4.60. The quantitative estimate of drug-likeness (QED) is 0.245. The minimum absolute atomic E-state index is 0.102. The lowest BCUT2D eigenvalue weighted by molar-refractivity contribution is -0.116. The molecule has 0 atom stereocenters. The monoisotopic (exact) mass is 385 g/mol. The van der Waals surface area contributed by atoms with E-state index in [1.165, 1.54) is 6.34 Å². The molecule has 0 heterocycles. The molecule has 0 fully saturated rings. The zero-order chi connectivity index (χ0) is 20.3. The van der Waals surface area contributed by atoms with Crippen LogP contribution in [0.5, 0.6) is 0 Å². The smallest absolute Gasteiger partial charge is 0.226 e. The van der Waals surface area contributed by atoms with E-state index in [0.29, 0.717) is 6.54 Å². The molecular weight excluding hydrogens is 362 g/mol. The third-order valence-electron chi connectivity index (χ3n) is 4.18. The van der Waals surface area contributed by atoms with E-state index in [0.717, 1.165) is 34.5 Å². The van der Waals surface area contributed by atoms with E-state index in [1.807, 2.05) is 78.9 Å². The van der Waals surface area contributed by atoms with Crippen molar-refractivity contribution in [2.45, 2.75) is 6.42 Å². The summed E-state index contributed by atoms with van der Waals surface area (Å²) < 4.78 is 0. The first-order valence-electron chi connectivity index (χ1n) is 9.31. The molecule has 0 spiro atoms. The summed E-state index contributed by atoms with van der Waals surface area (Å²) >= 11 is 0. The van der Waals surface area contributed by atoms with Gasteiger partial charge in [0.1, 0.15) is 6.34 Å². The second-order valence-electron chi connectivity index (χ2n) is 6.28. The number of carbonyl (C=O) groups is 1. The Bertz CT molecular complexity index is 971. The fraction of sp³-hybridized carbons (Fsp3) is 0.0870. The number of para-hydroxylation sites is 1. The van der Waals surface area contributed by atoms with Crippen LogP contribution in [0.2, 0.25) is 0 Å². The van der Waals surface area contributed by atoms with Crippen LogP contribution in [0.3, 0.4) is 0 Å². The molecule has 0 aliphatic carbocycles. The number of aliphatic imine (C=N–C) groups is 1. The fourth-order valence-electron chi connectivity index (χ4n) is 2.84. The second-order valence-corrected chi connectivity index (χ2v) is 6.28. The summed E-state index contributed by atoms with van der Waals surface area (Å²) in [6.07, 6.45) is 2.62. The van der Waals surface area contributed by atoms with Gasteiger partial charge in [0.15, 0.2) is 0 Å². The van der Waals surface area contributed by atoms with Gasteiger partial charge in [0.25, 0.3) is 0 Å². The molecule has 0 bridgehead atoms. The predicted molar refractivity (Wildman–Crippen MR) is 120 cm³/mol. The summed E-state index contributed by atoms with van der Waals surface area (Å²) in [7, 11) is 0. The maximum absolute atomic E-state index is 12.4. The highest BCUT2D eigenvalue weighted by Gasteiger charge is 2.10. The average Bonchev–Trinajstić information content (AvgIpc) is 2.75. The van der Waals surface area contributed by atoms with Crippen molar-refractivity contribution in [3.8, 4) is 11.1 Å². The number of nitrogens with zero attached hydrogens (tertiary/aromatic N) is 1. The van der Waals surface area contributed by atoms with Crippen molar-refractivity contribution in [3.63, 3.8) is 0 Å². The maximum atomic E-state index is 12.4. The lowest BCUT2D eigenvalue weighted by Crippen LogP contribution is -2.21. The number of benzene rings is 3. The van der Waals surface area contributed by atoms with Gasteiger partial charge in [-0.05, 0) is 29.8 Å². The molecule has 29 heavy (non-hydrogen) atoms. The minimum atomic E-state index is -0.102. The molecular formula is C23H23N5O. The van der Waals surface area contributed by atoms with Crippen LogP contribution in [-0.2, 0) is 4.79 Å². The molecule has 0 unspecified atom stereocenters. The second kappa shape index (κ2) is 10.4. The number of carbonyl (C=O) groups excluding carboxylic acids is 1. The number of amides is 1. The van der Waals surface area contributed by atoms with E-state index in [-0.39, 0.29) is 12.3 Å². The maximum Gasteiger partial charge on any atom is 0.226 e. The largest absolute Gasteiger partial charge is 0.376 e. The highest BCUT2D eigenvalue weighted by molar-refractivity contribution is 5.96. The van der Waals surface area contributed by atoms with E-state index in [2.05, 4.69) is 20.9 Å². The van der Waals surface area contributed by atoms with E-state index in [9.17, 15) is 4.79 Å². The van der Waals surface area contributed by atoms with Crippen molar-refractivity contribution in [3.05, 3.63) is 78.9 Å². The van der Waals surface area contributed by atoms with Crippen LogP contribution in [0.25, 0.3) is 11.1 Å². The van der Waals surface area contributed by atoms with Gasteiger partial charge in [-0.15, -0.1) is 0 Å². The lowest BCUT2D eigenvalue weighted by Gasteiger charge is -2.15. The molecule has 4 N–H and O–H groups in total.